The highest BCUT2D eigenvalue weighted by Gasteiger charge is 2.01. The lowest BCUT2D eigenvalue weighted by Crippen LogP contribution is -1.65. The summed E-state index contributed by atoms with van der Waals surface area (Å²) in [4.78, 5) is 0.876. The lowest BCUT2D eigenvalue weighted by molar-refractivity contribution is 0.608. The molecule has 1 nitrogen and oxygen atoms in total. The number of hydrogen-bond donors (Lipinski definition) is 1. The van der Waals surface area contributed by atoms with Gasteiger partial charge in [0.25, 0.3) is 0 Å². The number of furan rings is 1. The third-order valence-corrected chi connectivity index (χ3v) is 2.35. The van der Waals surface area contributed by atoms with Gasteiger partial charge in [-0.15, -0.1) is 12.6 Å². The van der Waals surface area contributed by atoms with E-state index in [1.165, 1.54) is 0 Å². The fraction of sp³-hybridized carbons (Fsp3) is 0. The molecule has 0 radical (unpaired) electrons. The van der Waals surface area contributed by atoms with Gasteiger partial charge in [-0.25, -0.2) is 0 Å². The highest BCUT2D eigenvalue weighted by molar-refractivity contribution is 9.10. The zero-order valence-corrected chi connectivity index (χ0v) is 8.02. The molecule has 0 spiro atoms. The van der Waals surface area contributed by atoms with Crippen molar-refractivity contribution >= 4 is 39.5 Å². The maximum absolute atomic E-state index is 5.21. The van der Waals surface area contributed by atoms with Gasteiger partial charge in [0, 0.05) is 9.86 Å². The topological polar surface area (TPSA) is 13.1 Å². The molecule has 0 aliphatic heterocycles. The molecule has 0 bridgehead atoms. The Balaban J connectivity index is 2.87. The van der Waals surface area contributed by atoms with Crippen molar-refractivity contribution in [3.63, 3.8) is 0 Å². The van der Waals surface area contributed by atoms with Gasteiger partial charge in [0.1, 0.15) is 11.8 Å². The van der Waals surface area contributed by atoms with Gasteiger partial charge in [0.15, 0.2) is 0 Å². The van der Waals surface area contributed by atoms with Gasteiger partial charge in [0.05, 0.1) is 4.90 Å². The zero-order valence-electron chi connectivity index (χ0n) is 5.54. The Morgan fingerprint density at radius 1 is 1.36 bits per heavy atom. The van der Waals surface area contributed by atoms with Crippen LogP contribution in [-0.2, 0) is 0 Å². The Bertz CT molecular complexity index is 394. The van der Waals surface area contributed by atoms with Crippen LogP contribution in [0.2, 0.25) is 0 Å². The fourth-order valence-electron chi connectivity index (χ4n) is 0.988. The van der Waals surface area contributed by atoms with Crippen LogP contribution in [0.25, 0.3) is 11.0 Å². The van der Waals surface area contributed by atoms with Crippen LogP contribution >= 0.6 is 28.6 Å². The molecule has 0 aliphatic rings. The Labute approximate surface area is 77.9 Å². The molecule has 0 unspecified atom stereocenters. The second-order valence-corrected chi connectivity index (χ2v) is 3.66. The van der Waals surface area contributed by atoms with Crippen molar-refractivity contribution in [3.8, 4) is 0 Å². The largest absolute Gasteiger partial charge is 0.463 e. The normalized spacial score (nSPS) is 10.7. The summed E-state index contributed by atoms with van der Waals surface area (Å²) in [6.07, 6.45) is 1.64. The average Bonchev–Trinajstić information content (AvgIpc) is 2.33. The number of halogens is 1. The lowest BCUT2D eigenvalue weighted by Gasteiger charge is -1.89. The van der Waals surface area contributed by atoms with E-state index in [0.717, 1.165) is 20.3 Å². The standard InChI is InChI=1S/C8H5BrOS/c9-5-1-2-7-6(3-5)8(11)4-10-7/h1-4,11H. The second kappa shape index (κ2) is 2.57. The van der Waals surface area contributed by atoms with Crippen molar-refractivity contribution in [2.24, 2.45) is 0 Å². The van der Waals surface area contributed by atoms with Crippen molar-refractivity contribution in [1.82, 2.24) is 0 Å². The van der Waals surface area contributed by atoms with Gasteiger partial charge in [-0.05, 0) is 18.2 Å². The number of benzene rings is 1. The van der Waals surface area contributed by atoms with E-state index in [-0.39, 0.29) is 0 Å². The molecule has 0 N–H and O–H groups in total. The highest BCUT2D eigenvalue weighted by Crippen LogP contribution is 2.26. The van der Waals surface area contributed by atoms with E-state index in [0.29, 0.717) is 0 Å². The summed E-state index contributed by atoms with van der Waals surface area (Å²) in [5.74, 6) is 0. The van der Waals surface area contributed by atoms with Gasteiger partial charge in [0.2, 0.25) is 0 Å². The van der Waals surface area contributed by atoms with E-state index < -0.39 is 0 Å². The van der Waals surface area contributed by atoms with Crippen molar-refractivity contribution in [2.75, 3.05) is 0 Å². The summed E-state index contributed by atoms with van der Waals surface area (Å²) in [7, 11) is 0. The van der Waals surface area contributed by atoms with Crippen molar-refractivity contribution in [3.05, 3.63) is 28.9 Å². The van der Waals surface area contributed by atoms with Gasteiger partial charge < -0.3 is 4.42 Å². The minimum Gasteiger partial charge on any atom is -0.463 e. The molecule has 3 heteroatoms. The molecule has 0 saturated heterocycles. The summed E-state index contributed by atoms with van der Waals surface area (Å²) in [6.45, 7) is 0. The monoisotopic (exact) mass is 228 g/mol. The predicted octanol–water partition coefficient (Wildman–Crippen LogP) is 3.48. The Kier molecular flexibility index (Phi) is 1.69. The maximum Gasteiger partial charge on any atom is 0.135 e. The van der Waals surface area contributed by atoms with Crippen LogP contribution in [0.4, 0.5) is 0 Å². The van der Waals surface area contributed by atoms with E-state index in [4.69, 9.17) is 4.42 Å². The summed E-state index contributed by atoms with van der Waals surface area (Å²) >= 11 is 7.61. The van der Waals surface area contributed by atoms with E-state index in [1.807, 2.05) is 18.2 Å². The molecule has 0 fully saturated rings. The van der Waals surface area contributed by atoms with E-state index >= 15 is 0 Å². The molecule has 0 aliphatic carbocycles. The van der Waals surface area contributed by atoms with Gasteiger partial charge in [-0.3, -0.25) is 0 Å². The average molecular weight is 229 g/mol. The lowest BCUT2D eigenvalue weighted by atomic mass is 10.3. The van der Waals surface area contributed by atoms with Crippen LogP contribution < -0.4 is 0 Å². The first-order chi connectivity index (χ1) is 5.27. The molecule has 0 amide bonds. The first kappa shape index (κ1) is 7.25. The molecule has 2 rings (SSSR count). The minimum absolute atomic E-state index is 0.873. The summed E-state index contributed by atoms with van der Waals surface area (Å²) in [5, 5.41) is 1.04. The zero-order chi connectivity index (χ0) is 7.84. The summed E-state index contributed by atoms with van der Waals surface area (Å²) < 4.78 is 6.25. The second-order valence-electron chi connectivity index (χ2n) is 2.26. The molecule has 11 heavy (non-hydrogen) atoms. The molecular weight excluding hydrogens is 224 g/mol. The summed E-state index contributed by atoms with van der Waals surface area (Å²) in [5.41, 5.74) is 0.873. The van der Waals surface area contributed by atoms with E-state index in [1.54, 1.807) is 6.26 Å². The van der Waals surface area contributed by atoms with Crippen molar-refractivity contribution in [1.29, 1.82) is 0 Å². The quantitative estimate of drug-likeness (QED) is 0.682. The molecule has 2 aromatic rings. The maximum atomic E-state index is 5.21. The Morgan fingerprint density at radius 2 is 2.18 bits per heavy atom. The van der Waals surface area contributed by atoms with Gasteiger partial charge in [-0.1, -0.05) is 15.9 Å². The van der Waals surface area contributed by atoms with Gasteiger partial charge in [-0.2, -0.15) is 0 Å². The molecule has 0 saturated carbocycles. The fourth-order valence-corrected chi connectivity index (χ4v) is 1.58. The Morgan fingerprint density at radius 3 is 3.00 bits per heavy atom. The summed E-state index contributed by atoms with van der Waals surface area (Å²) in [6, 6.07) is 5.85. The van der Waals surface area contributed by atoms with Crippen LogP contribution in [-0.4, -0.2) is 0 Å². The first-order valence-corrected chi connectivity index (χ1v) is 4.37. The highest BCUT2D eigenvalue weighted by atomic mass is 79.9. The van der Waals surface area contributed by atoms with Crippen molar-refractivity contribution in [2.45, 2.75) is 4.90 Å². The third-order valence-electron chi connectivity index (χ3n) is 1.52. The Hall–Kier alpha value is -0.410. The molecule has 1 aromatic carbocycles. The van der Waals surface area contributed by atoms with Crippen LogP contribution in [0.1, 0.15) is 0 Å². The molecule has 1 heterocycles. The van der Waals surface area contributed by atoms with E-state index in [9.17, 15) is 0 Å². The minimum atomic E-state index is 0.873. The molecule has 0 atom stereocenters. The molecule has 56 valence electrons. The third kappa shape index (κ3) is 1.19. The smallest absolute Gasteiger partial charge is 0.135 e. The first-order valence-electron chi connectivity index (χ1n) is 3.13. The number of thiol groups is 1. The number of rotatable bonds is 0. The van der Waals surface area contributed by atoms with Crippen LogP contribution in [0, 0.1) is 0 Å². The van der Waals surface area contributed by atoms with Gasteiger partial charge >= 0.3 is 0 Å². The number of hydrogen-bond acceptors (Lipinski definition) is 2. The molecular formula is C8H5BrOS. The predicted molar refractivity (Wildman–Crippen MR) is 51.2 cm³/mol. The molecule has 1 aromatic heterocycles. The van der Waals surface area contributed by atoms with Crippen molar-refractivity contribution < 1.29 is 4.42 Å². The number of fused-ring (bicyclic) bond motifs is 1. The SMILES string of the molecule is Sc1coc2ccc(Br)cc12. The van der Waals surface area contributed by atoms with Crippen LogP contribution in [0.15, 0.2) is 38.2 Å². The van der Waals surface area contributed by atoms with Crippen LogP contribution in [0.5, 0.6) is 0 Å². The van der Waals surface area contributed by atoms with Crippen LogP contribution in [0.3, 0.4) is 0 Å². The van der Waals surface area contributed by atoms with E-state index in [2.05, 4.69) is 28.6 Å².